The lowest BCUT2D eigenvalue weighted by molar-refractivity contribution is 0.239. The molecule has 0 aliphatic heterocycles. The van der Waals surface area contributed by atoms with E-state index in [4.69, 9.17) is 10.2 Å². The van der Waals surface area contributed by atoms with Crippen LogP contribution in [0.2, 0.25) is 0 Å². The van der Waals surface area contributed by atoms with E-state index in [1.165, 1.54) is 19.3 Å². The van der Waals surface area contributed by atoms with Crippen molar-refractivity contribution in [3.05, 3.63) is 23.7 Å². The van der Waals surface area contributed by atoms with Gasteiger partial charge in [-0.25, -0.2) is 0 Å². The molecule has 0 amide bonds. The number of rotatable bonds is 3. The second kappa shape index (κ2) is 3.54. The van der Waals surface area contributed by atoms with Crippen molar-refractivity contribution in [3.63, 3.8) is 0 Å². The van der Waals surface area contributed by atoms with E-state index >= 15 is 0 Å². The van der Waals surface area contributed by atoms with Gasteiger partial charge in [-0.1, -0.05) is 13.3 Å². The molecular formula is C11H17NO. The minimum atomic E-state index is 0.133. The summed E-state index contributed by atoms with van der Waals surface area (Å²) >= 11 is 0. The molecule has 0 radical (unpaired) electrons. The lowest BCUT2D eigenvalue weighted by atomic mass is 9.79. The zero-order valence-corrected chi connectivity index (χ0v) is 8.12. The van der Waals surface area contributed by atoms with Gasteiger partial charge in [0.2, 0.25) is 0 Å². The topological polar surface area (TPSA) is 39.2 Å². The quantitative estimate of drug-likeness (QED) is 0.774. The van der Waals surface area contributed by atoms with Crippen molar-refractivity contribution in [2.45, 2.75) is 38.6 Å². The van der Waals surface area contributed by atoms with Crippen LogP contribution in [0.5, 0.6) is 0 Å². The lowest BCUT2D eigenvalue weighted by Crippen LogP contribution is -2.26. The minimum Gasteiger partial charge on any atom is -0.464 e. The molecule has 1 aliphatic carbocycles. The van der Waals surface area contributed by atoms with Gasteiger partial charge in [0.1, 0.15) is 11.5 Å². The van der Waals surface area contributed by atoms with Crippen molar-refractivity contribution >= 4 is 0 Å². The maximum absolute atomic E-state index is 6.07. The summed E-state index contributed by atoms with van der Waals surface area (Å²) in [6, 6.07) is 4.20. The van der Waals surface area contributed by atoms with Gasteiger partial charge < -0.3 is 10.2 Å². The van der Waals surface area contributed by atoms with Gasteiger partial charge in [-0.3, -0.25) is 0 Å². The molecule has 0 saturated heterocycles. The minimum absolute atomic E-state index is 0.133. The summed E-state index contributed by atoms with van der Waals surface area (Å²) in [4.78, 5) is 0. The summed E-state index contributed by atoms with van der Waals surface area (Å²) in [5, 5.41) is 0. The van der Waals surface area contributed by atoms with Gasteiger partial charge >= 0.3 is 0 Å². The fourth-order valence-electron chi connectivity index (χ4n) is 1.79. The summed E-state index contributed by atoms with van der Waals surface area (Å²) in [5.41, 5.74) is 6.07. The Hall–Kier alpha value is -0.760. The molecule has 13 heavy (non-hydrogen) atoms. The Kier molecular flexibility index (Phi) is 2.40. The van der Waals surface area contributed by atoms with Crippen molar-refractivity contribution in [2.24, 2.45) is 11.7 Å². The van der Waals surface area contributed by atoms with Crippen LogP contribution in [0.4, 0.5) is 0 Å². The van der Waals surface area contributed by atoms with Crippen molar-refractivity contribution in [1.29, 1.82) is 0 Å². The molecule has 0 spiro atoms. The van der Waals surface area contributed by atoms with Gasteiger partial charge in [0.25, 0.3) is 0 Å². The van der Waals surface area contributed by atoms with E-state index in [9.17, 15) is 0 Å². The first kappa shape index (κ1) is 8.82. The molecule has 1 saturated carbocycles. The molecule has 0 unspecified atom stereocenters. The molecule has 1 aromatic rings. The second-order valence-electron chi connectivity index (χ2n) is 3.87. The summed E-state index contributed by atoms with van der Waals surface area (Å²) < 4.78 is 5.63. The molecule has 1 aromatic heterocycles. The second-order valence-corrected chi connectivity index (χ2v) is 3.87. The van der Waals surface area contributed by atoms with E-state index in [2.05, 4.69) is 6.92 Å². The van der Waals surface area contributed by atoms with Crippen LogP contribution in [0.25, 0.3) is 0 Å². The van der Waals surface area contributed by atoms with Gasteiger partial charge in [0, 0.05) is 6.42 Å². The zero-order chi connectivity index (χ0) is 9.26. The van der Waals surface area contributed by atoms with Crippen LogP contribution in [0.3, 0.4) is 0 Å². The van der Waals surface area contributed by atoms with Crippen molar-refractivity contribution in [2.75, 3.05) is 0 Å². The van der Waals surface area contributed by atoms with Crippen LogP contribution >= 0.6 is 0 Å². The number of aryl methyl sites for hydroxylation is 1. The van der Waals surface area contributed by atoms with E-state index < -0.39 is 0 Å². The zero-order valence-electron chi connectivity index (χ0n) is 8.12. The molecular weight excluding hydrogens is 162 g/mol. The maximum atomic E-state index is 6.07. The van der Waals surface area contributed by atoms with Crippen LogP contribution in [-0.4, -0.2) is 0 Å². The fourth-order valence-corrected chi connectivity index (χ4v) is 1.79. The number of nitrogens with two attached hydrogens (primary N) is 1. The molecule has 2 N–H and O–H groups in total. The Morgan fingerprint density at radius 2 is 2.31 bits per heavy atom. The molecule has 2 heteroatoms. The van der Waals surface area contributed by atoms with E-state index in [0.29, 0.717) is 5.92 Å². The first-order valence-electron chi connectivity index (χ1n) is 5.15. The normalized spacial score (nSPS) is 19.8. The predicted molar refractivity (Wildman–Crippen MR) is 52.4 cm³/mol. The van der Waals surface area contributed by atoms with Crippen molar-refractivity contribution in [1.82, 2.24) is 0 Å². The molecule has 1 heterocycles. The molecule has 1 aliphatic rings. The maximum Gasteiger partial charge on any atom is 0.121 e. The third-order valence-electron chi connectivity index (χ3n) is 3.02. The first-order valence-corrected chi connectivity index (χ1v) is 5.15. The summed E-state index contributed by atoms with van der Waals surface area (Å²) in [6.07, 6.45) is 4.82. The summed E-state index contributed by atoms with van der Waals surface area (Å²) in [5.74, 6) is 2.68. The number of furan rings is 1. The van der Waals surface area contributed by atoms with Crippen LogP contribution < -0.4 is 5.73 Å². The Morgan fingerprint density at radius 3 is 2.77 bits per heavy atom. The van der Waals surface area contributed by atoms with Gasteiger partial charge in [-0.15, -0.1) is 0 Å². The van der Waals surface area contributed by atoms with E-state index in [1.807, 2.05) is 12.1 Å². The average Bonchev–Trinajstić information content (AvgIpc) is 2.48. The molecule has 0 aromatic carbocycles. The molecule has 2 nitrogen and oxygen atoms in total. The lowest BCUT2D eigenvalue weighted by Gasteiger charge is -2.29. The monoisotopic (exact) mass is 179 g/mol. The smallest absolute Gasteiger partial charge is 0.121 e. The third-order valence-corrected chi connectivity index (χ3v) is 3.02. The number of hydrogen-bond acceptors (Lipinski definition) is 2. The van der Waals surface area contributed by atoms with E-state index in [-0.39, 0.29) is 6.04 Å². The van der Waals surface area contributed by atoms with Crippen LogP contribution in [0.15, 0.2) is 16.5 Å². The molecule has 1 atom stereocenters. The Labute approximate surface area is 79.1 Å². The highest BCUT2D eigenvalue weighted by atomic mass is 16.3. The standard InChI is InChI=1S/C11H17NO/c1-2-9-6-7-10(13-9)11(12)8-4-3-5-8/h6-8,11H,2-5,12H2,1H3/t11-/m1/s1. The highest BCUT2D eigenvalue weighted by molar-refractivity contribution is 5.11. The molecule has 0 bridgehead atoms. The van der Waals surface area contributed by atoms with Gasteiger partial charge in [-0.2, -0.15) is 0 Å². The van der Waals surface area contributed by atoms with Crippen molar-refractivity contribution in [3.8, 4) is 0 Å². The van der Waals surface area contributed by atoms with Crippen LogP contribution in [0.1, 0.15) is 43.7 Å². The van der Waals surface area contributed by atoms with Crippen LogP contribution in [-0.2, 0) is 6.42 Å². The Balaban J connectivity index is 2.05. The summed E-state index contributed by atoms with van der Waals surface area (Å²) in [7, 11) is 0. The Bertz CT molecular complexity index is 275. The highest BCUT2D eigenvalue weighted by Crippen LogP contribution is 2.36. The third kappa shape index (κ3) is 1.63. The largest absolute Gasteiger partial charge is 0.464 e. The Morgan fingerprint density at radius 1 is 1.54 bits per heavy atom. The SMILES string of the molecule is CCc1ccc([C@H](N)C2CCC2)o1. The molecule has 72 valence electrons. The molecule has 2 rings (SSSR count). The average molecular weight is 179 g/mol. The van der Waals surface area contributed by atoms with Crippen molar-refractivity contribution < 1.29 is 4.42 Å². The highest BCUT2D eigenvalue weighted by Gasteiger charge is 2.27. The molecule has 1 fully saturated rings. The van der Waals surface area contributed by atoms with E-state index in [0.717, 1.165) is 17.9 Å². The van der Waals surface area contributed by atoms with Gasteiger partial charge in [0.15, 0.2) is 0 Å². The van der Waals surface area contributed by atoms with Gasteiger partial charge in [-0.05, 0) is 30.9 Å². The number of hydrogen-bond donors (Lipinski definition) is 1. The van der Waals surface area contributed by atoms with E-state index in [1.54, 1.807) is 0 Å². The van der Waals surface area contributed by atoms with Gasteiger partial charge in [0.05, 0.1) is 6.04 Å². The predicted octanol–water partition coefficient (Wildman–Crippen LogP) is 2.64. The van der Waals surface area contributed by atoms with Crippen LogP contribution in [0, 0.1) is 5.92 Å². The first-order chi connectivity index (χ1) is 6.31. The summed E-state index contributed by atoms with van der Waals surface area (Å²) in [6.45, 7) is 2.09. The fraction of sp³-hybridized carbons (Fsp3) is 0.636.